The second-order valence-electron chi connectivity index (χ2n) is 4.95. The molecular formula is C14H27IN4O2S2. The molecule has 1 unspecified atom stereocenters. The van der Waals surface area contributed by atoms with Crippen molar-refractivity contribution in [3.63, 3.8) is 0 Å². The van der Waals surface area contributed by atoms with E-state index in [-0.39, 0.29) is 29.7 Å². The fourth-order valence-electron chi connectivity index (χ4n) is 1.77. The normalized spacial score (nSPS) is 13.3. The van der Waals surface area contributed by atoms with Gasteiger partial charge in [-0.05, 0) is 24.8 Å². The summed E-state index contributed by atoms with van der Waals surface area (Å²) in [6.07, 6.45) is 0.709. The van der Waals surface area contributed by atoms with E-state index in [1.165, 1.54) is 4.88 Å². The molecular weight excluding hydrogens is 447 g/mol. The summed E-state index contributed by atoms with van der Waals surface area (Å²) in [5.74, 6) is 1.28. The first-order valence-corrected chi connectivity index (χ1v) is 9.97. The monoisotopic (exact) mass is 474 g/mol. The van der Waals surface area contributed by atoms with Crippen molar-refractivity contribution in [1.82, 2.24) is 15.4 Å². The maximum Gasteiger partial charge on any atom is 0.211 e. The van der Waals surface area contributed by atoms with Gasteiger partial charge in [0.2, 0.25) is 10.0 Å². The SMILES string of the molecule is CCS(=O)(=O)NCCCNC(=NC)NCC(C)c1cccs1.I. The van der Waals surface area contributed by atoms with Crippen molar-refractivity contribution in [1.29, 1.82) is 0 Å². The van der Waals surface area contributed by atoms with Gasteiger partial charge in [-0.3, -0.25) is 4.99 Å². The molecule has 23 heavy (non-hydrogen) atoms. The van der Waals surface area contributed by atoms with Gasteiger partial charge < -0.3 is 10.6 Å². The molecule has 0 fully saturated rings. The van der Waals surface area contributed by atoms with E-state index in [0.29, 0.717) is 25.4 Å². The van der Waals surface area contributed by atoms with Crippen molar-refractivity contribution < 1.29 is 8.42 Å². The highest BCUT2D eigenvalue weighted by Gasteiger charge is 2.07. The molecule has 0 bridgehead atoms. The van der Waals surface area contributed by atoms with E-state index in [2.05, 4.69) is 44.8 Å². The Labute approximate surface area is 160 Å². The van der Waals surface area contributed by atoms with Crippen LogP contribution in [0.2, 0.25) is 0 Å². The maximum absolute atomic E-state index is 11.3. The zero-order valence-electron chi connectivity index (χ0n) is 13.8. The number of thiophene rings is 1. The minimum Gasteiger partial charge on any atom is -0.356 e. The van der Waals surface area contributed by atoms with Crippen LogP contribution in [0.5, 0.6) is 0 Å². The first-order valence-electron chi connectivity index (χ1n) is 7.43. The lowest BCUT2D eigenvalue weighted by molar-refractivity contribution is 0.579. The summed E-state index contributed by atoms with van der Waals surface area (Å²) in [6, 6.07) is 4.19. The second-order valence-corrected chi connectivity index (χ2v) is 8.02. The van der Waals surface area contributed by atoms with Crippen LogP contribution in [0.4, 0.5) is 0 Å². The largest absolute Gasteiger partial charge is 0.356 e. The zero-order chi connectivity index (χ0) is 16.4. The lowest BCUT2D eigenvalue weighted by atomic mass is 10.1. The minimum atomic E-state index is -3.09. The lowest BCUT2D eigenvalue weighted by Crippen LogP contribution is -2.40. The Morgan fingerprint density at radius 1 is 1.35 bits per heavy atom. The predicted octanol–water partition coefficient (Wildman–Crippen LogP) is 1.96. The van der Waals surface area contributed by atoms with Gasteiger partial charge in [0.15, 0.2) is 5.96 Å². The highest BCUT2D eigenvalue weighted by molar-refractivity contribution is 14.0. The van der Waals surface area contributed by atoms with Crippen LogP contribution in [0, 0.1) is 0 Å². The molecule has 1 atom stereocenters. The smallest absolute Gasteiger partial charge is 0.211 e. The van der Waals surface area contributed by atoms with Crippen molar-refractivity contribution in [2.24, 2.45) is 4.99 Å². The summed E-state index contributed by atoms with van der Waals surface area (Å²) < 4.78 is 25.1. The Bertz CT molecular complexity index is 547. The van der Waals surface area contributed by atoms with Crippen LogP contribution < -0.4 is 15.4 Å². The molecule has 0 radical (unpaired) electrons. The van der Waals surface area contributed by atoms with Crippen LogP contribution in [-0.2, 0) is 10.0 Å². The van der Waals surface area contributed by atoms with Crippen molar-refractivity contribution in [2.75, 3.05) is 32.4 Å². The molecule has 0 aliphatic heterocycles. The Morgan fingerprint density at radius 2 is 2.09 bits per heavy atom. The second kappa shape index (κ2) is 12.0. The first kappa shape index (κ1) is 22.6. The summed E-state index contributed by atoms with van der Waals surface area (Å²) in [5, 5.41) is 8.54. The summed E-state index contributed by atoms with van der Waals surface area (Å²) in [5.41, 5.74) is 0. The maximum atomic E-state index is 11.3. The van der Waals surface area contributed by atoms with E-state index in [0.717, 1.165) is 12.5 Å². The summed E-state index contributed by atoms with van der Waals surface area (Å²) >= 11 is 1.75. The lowest BCUT2D eigenvalue weighted by Gasteiger charge is -2.15. The predicted molar refractivity (Wildman–Crippen MR) is 110 cm³/mol. The van der Waals surface area contributed by atoms with Gasteiger partial charge in [-0.2, -0.15) is 0 Å². The molecule has 0 amide bonds. The first-order chi connectivity index (χ1) is 10.5. The summed E-state index contributed by atoms with van der Waals surface area (Å²) in [6.45, 7) is 5.71. The minimum absolute atomic E-state index is 0. The molecule has 0 aliphatic rings. The molecule has 0 aromatic carbocycles. The van der Waals surface area contributed by atoms with Crippen molar-refractivity contribution in [2.45, 2.75) is 26.2 Å². The average molecular weight is 474 g/mol. The molecule has 1 aromatic heterocycles. The highest BCUT2D eigenvalue weighted by Crippen LogP contribution is 2.19. The average Bonchev–Trinajstić information content (AvgIpc) is 3.04. The third-order valence-electron chi connectivity index (χ3n) is 3.18. The third kappa shape index (κ3) is 9.48. The van der Waals surface area contributed by atoms with Gasteiger partial charge in [0.1, 0.15) is 0 Å². The molecule has 0 saturated heterocycles. The van der Waals surface area contributed by atoms with Crippen molar-refractivity contribution in [3.05, 3.63) is 22.4 Å². The number of rotatable bonds is 9. The Kier molecular flexibility index (Phi) is 11.8. The van der Waals surface area contributed by atoms with E-state index in [9.17, 15) is 8.42 Å². The van der Waals surface area contributed by atoms with Crippen LogP contribution in [0.3, 0.4) is 0 Å². The van der Waals surface area contributed by atoms with Gasteiger partial charge >= 0.3 is 0 Å². The number of nitrogens with zero attached hydrogens (tertiary/aromatic N) is 1. The molecule has 0 saturated carbocycles. The van der Waals surface area contributed by atoms with Crippen LogP contribution in [0.25, 0.3) is 0 Å². The van der Waals surface area contributed by atoms with E-state index in [1.807, 2.05) is 0 Å². The van der Waals surface area contributed by atoms with Crippen LogP contribution in [0.15, 0.2) is 22.5 Å². The Morgan fingerprint density at radius 3 is 2.65 bits per heavy atom. The van der Waals surface area contributed by atoms with Crippen LogP contribution in [0.1, 0.15) is 31.1 Å². The van der Waals surface area contributed by atoms with E-state index >= 15 is 0 Å². The van der Waals surface area contributed by atoms with E-state index in [4.69, 9.17) is 0 Å². The number of nitrogens with one attached hydrogen (secondary N) is 3. The van der Waals surface area contributed by atoms with Crippen LogP contribution >= 0.6 is 35.3 Å². The fourth-order valence-corrected chi connectivity index (χ4v) is 3.21. The van der Waals surface area contributed by atoms with Crippen molar-refractivity contribution >= 4 is 51.3 Å². The number of guanidine groups is 1. The fraction of sp³-hybridized carbons (Fsp3) is 0.643. The molecule has 3 N–H and O–H groups in total. The standard InChI is InChI=1S/C14H26N4O2S2.HI/c1-4-22(19,20)18-9-6-8-16-14(15-3)17-11-12(2)13-7-5-10-21-13;/h5,7,10,12,18H,4,6,8-9,11H2,1-3H3,(H2,15,16,17);1H. The van der Waals surface area contributed by atoms with Gasteiger partial charge in [0.25, 0.3) is 0 Å². The van der Waals surface area contributed by atoms with Gasteiger partial charge in [-0.25, -0.2) is 13.1 Å². The van der Waals surface area contributed by atoms with E-state index in [1.54, 1.807) is 25.3 Å². The zero-order valence-corrected chi connectivity index (χ0v) is 17.8. The van der Waals surface area contributed by atoms with Gasteiger partial charge in [0.05, 0.1) is 5.75 Å². The molecule has 0 aliphatic carbocycles. The number of hydrogen-bond acceptors (Lipinski definition) is 4. The van der Waals surface area contributed by atoms with Crippen LogP contribution in [-0.4, -0.2) is 46.8 Å². The van der Waals surface area contributed by atoms with Gasteiger partial charge in [0, 0.05) is 37.5 Å². The Balaban J connectivity index is 0.00000484. The number of halogens is 1. The molecule has 9 heteroatoms. The van der Waals surface area contributed by atoms with Crippen molar-refractivity contribution in [3.8, 4) is 0 Å². The third-order valence-corrected chi connectivity index (χ3v) is 5.68. The molecule has 6 nitrogen and oxygen atoms in total. The van der Waals surface area contributed by atoms with E-state index < -0.39 is 10.0 Å². The highest BCUT2D eigenvalue weighted by atomic mass is 127. The molecule has 134 valence electrons. The number of aliphatic imine (C=N–C) groups is 1. The van der Waals surface area contributed by atoms with Gasteiger partial charge in [-0.15, -0.1) is 35.3 Å². The Hall–Kier alpha value is -0.390. The molecule has 1 aromatic rings. The molecule has 1 rings (SSSR count). The topological polar surface area (TPSA) is 82.6 Å². The molecule has 0 spiro atoms. The number of sulfonamides is 1. The summed E-state index contributed by atoms with van der Waals surface area (Å²) in [7, 11) is -1.37. The number of hydrogen-bond donors (Lipinski definition) is 3. The quantitative estimate of drug-likeness (QED) is 0.221. The van der Waals surface area contributed by atoms with Gasteiger partial charge in [-0.1, -0.05) is 13.0 Å². The molecule has 1 heterocycles. The summed E-state index contributed by atoms with van der Waals surface area (Å²) in [4.78, 5) is 5.51.